The molecule has 0 aliphatic rings. The molecule has 1 atom stereocenters. The quantitative estimate of drug-likeness (QED) is 0.0262. The Hall–Kier alpha value is -1.85. The molecule has 6 nitrogen and oxygen atoms in total. The summed E-state index contributed by atoms with van der Waals surface area (Å²) in [6.07, 6.45) is 56.2. The Morgan fingerprint density at radius 2 is 0.541 bits per heavy atom. The molecule has 0 aromatic carbocycles. The molecule has 0 heterocycles. The van der Waals surface area contributed by atoms with E-state index in [1.54, 1.807) is 0 Å². The van der Waals surface area contributed by atoms with E-state index in [9.17, 15) is 14.4 Å². The monoisotopic (exact) mass is 861 g/mol. The van der Waals surface area contributed by atoms with Crippen molar-refractivity contribution in [3.8, 4) is 0 Å². The van der Waals surface area contributed by atoms with Crippen molar-refractivity contribution in [2.75, 3.05) is 13.2 Å². The van der Waals surface area contributed by atoms with Crippen molar-refractivity contribution in [3.05, 3.63) is 12.2 Å². The molecule has 360 valence electrons. The summed E-state index contributed by atoms with van der Waals surface area (Å²) in [6, 6.07) is 0. The van der Waals surface area contributed by atoms with E-state index in [2.05, 4.69) is 32.9 Å². The molecule has 0 radical (unpaired) electrons. The van der Waals surface area contributed by atoms with Gasteiger partial charge in [-0.05, 0) is 44.9 Å². The van der Waals surface area contributed by atoms with Crippen molar-refractivity contribution in [2.24, 2.45) is 0 Å². The maximum Gasteiger partial charge on any atom is 0.306 e. The van der Waals surface area contributed by atoms with Gasteiger partial charge in [0.05, 0.1) is 0 Å². The van der Waals surface area contributed by atoms with Crippen LogP contribution in [0.1, 0.15) is 303 Å². The van der Waals surface area contributed by atoms with Gasteiger partial charge in [0.1, 0.15) is 13.2 Å². The molecule has 0 N–H and O–H groups in total. The van der Waals surface area contributed by atoms with Gasteiger partial charge in [-0.2, -0.15) is 0 Å². The number of carbonyl (C=O) groups excluding carboxylic acids is 3. The van der Waals surface area contributed by atoms with E-state index in [0.717, 1.165) is 64.2 Å². The molecule has 0 amide bonds. The molecule has 1 unspecified atom stereocenters. The molecule has 0 bridgehead atoms. The molecule has 0 aliphatic heterocycles. The summed E-state index contributed by atoms with van der Waals surface area (Å²) in [5.41, 5.74) is 0. The Morgan fingerprint density at radius 3 is 0.836 bits per heavy atom. The Labute approximate surface area is 380 Å². The van der Waals surface area contributed by atoms with E-state index in [1.165, 1.54) is 199 Å². The second-order valence-corrected chi connectivity index (χ2v) is 18.5. The number of allylic oxidation sites excluding steroid dienone is 2. The predicted molar refractivity (Wildman–Crippen MR) is 261 cm³/mol. The zero-order valence-corrected chi connectivity index (χ0v) is 41.2. The first-order valence-electron chi connectivity index (χ1n) is 27.2. The summed E-state index contributed by atoms with van der Waals surface area (Å²) in [4.78, 5) is 38.0. The number of hydrogen-bond acceptors (Lipinski definition) is 6. The number of esters is 3. The van der Waals surface area contributed by atoms with Crippen molar-refractivity contribution >= 4 is 17.9 Å². The number of ether oxygens (including phenoxy) is 3. The highest BCUT2D eigenvalue weighted by Gasteiger charge is 2.19. The lowest BCUT2D eigenvalue weighted by molar-refractivity contribution is -0.167. The van der Waals surface area contributed by atoms with Gasteiger partial charge in [0.2, 0.25) is 0 Å². The maximum atomic E-state index is 12.8. The fourth-order valence-corrected chi connectivity index (χ4v) is 8.14. The molecule has 0 spiro atoms. The van der Waals surface area contributed by atoms with E-state index in [1.807, 2.05) is 0 Å². The van der Waals surface area contributed by atoms with Crippen molar-refractivity contribution in [1.29, 1.82) is 0 Å². The van der Waals surface area contributed by atoms with Gasteiger partial charge in [-0.25, -0.2) is 0 Å². The number of unbranched alkanes of at least 4 members (excludes halogenated alkanes) is 37. The fourth-order valence-electron chi connectivity index (χ4n) is 8.14. The average Bonchev–Trinajstić information content (AvgIpc) is 3.26. The van der Waals surface area contributed by atoms with Crippen LogP contribution in [0, 0.1) is 0 Å². The summed E-state index contributed by atoms with van der Waals surface area (Å²) >= 11 is 0. The normalized spacial score (nSPS) is 12.0. The number of carbonyl (C=O) groups is 3. The lowest BCUT2D eigenvalue weighted by atomic mass is 10.0. The minimum absolute atomic E-state index is 0.0678. The van der Waals surface area contributed by atoms with E-state index in [4.69, 9.17) is 14.2 Å². The van der Waals surface area contributed by atoms with Gasteiger partial charge in [0.15, 0.2) is 6.10 Å². The van der Waals surface area contributed by atoms with Crippen LogP contribution in [0.4, 0.5) is 0 Å². The average molecular weight is 861 g/mol. The zero-order valence-electron chi connectivity index (χ0n) is 41.2. The predicted octanol–water partition coefficient (Wildman–Crippen LogP) is 17.8. The standard InChI is InChI=1S/C55H104O6/c1-4-7-10-13-16-19-22-25-26-27-28-31-33-36-39-42-45-48-54(57)60-51-52(61-55(58)49-46-43-40-37-34-30-24-21-18-15-12-9-6-3)50-59-53(56)47-44-41-38-35-32-29-23-20-17-14-11-8-5-2/h21,24,52H,4-20,22-23,25-51H2,1-3H3. The lowest BCUT2D eigenvalue weighted by Gasteiger charge is -2.18. The van der Waals surface area contributed by atoms with Crippen LogP contribution in [0.3, 0.4) is 0 Å². The molecule has 0 saturated carbocycles. The van der Waals surface area contributed by atoms with Crippen LogP contribution in [-0.2, 0) is 28.6 Å². The Kier molecular flexibility index (Phi) is 49.3. The van der Waals surface area contributed by atoms with E-state index in [-0.39, 0.29) is 31.1 Å². The van der Waals surface area contributed by atoms with Gasteiger partial charge in [-0.15, -0.1) is 0 Å². The third kappa shape index (κ3) is 49.0. The summed E-state index contributed by atoms with van der Waals surface area (Å²) in [5, 5.41) is 0. The topological polar surface area (TPSA) is 78.9 Å². The summed E-state index contributed by atoms with van der Waals surface area (Å²) in [6.45, 7) is 6.66. The first-order chi connectivity index (χ1) is 30.0. The molecule has 0 aromatic heterocycles. The van der Waals surface area contributed by atoms with Gasteiger partial charge < -0.3 is 14.2 Å². The van der Waals surface area contributed by atoms with Crippen molar-refractivity contribution in [2.45, 2.75) is 309 Å². The summed E-state index contributed by atoms with van der Waals surface area (Å²) < 4.78 is 16.8. The molecule has 61 heavy (non-hydrogen) atoms. The SMILES string of the molecule is CCCCCCC=CCCCCCCCC(=O)OC(COC(=O)CCCCCCCCCCCCCCC)COC(=O)CCCCCCCCCCCCCCCCCCC. The maximum absolute atomic E-state index is 12.8. The molecule has 0 saturated heterocycles. The van der Waals surface area contributed by atoms with Crippen LogP contribution in [0.2, 0.25) is 0 Å². The number of hydrogen-bond donors (Lipinski definition) is 0. The van der Waals surface area contributed by atoms with E-state index >= 15 is 0 Å². The molecular weight excluding hydrogens is 757 g/mol. The van der Waals surface area contributed by atoms with Crippen LogP contribution < -0.4 is 0 Å². The number of rotatable bonds is 50. The second-order valence-electron chi connectivity index (χ2n) is 18.5. The van der Waals surface area contributed by atoms with Gasteiger partial charge in [0, 0.05) is 19.3 Å². The van der Waals surface area contributed by atoms with Crippen LogP contribution >= 0.6 is 0 Å². The van der Waals surface area contributed by atoms with Gasteiger partial charge >= 0.3 is 17.9 Å². The van der Waals surface area contributed by atoms with Crippen LogP contribution in [0.25, 0.3) is 0 Å². The highest BCUT2D eigenvalue weighted by atomic mass is 16.6. The van der Waals surface area contributed by atoms with Crippen LogP contribution in [-0.4, -0.2) is 37.2 Å². The fraction of sp³-hybridized carbons (Fsp3) is 0.909. The van der Waals surface area contributed by atoms with Gasteiger partial charge in [0.25, 0.3) is 0 Å². The molecule has 0 aliphatic carbocycles. The lowest BCUT2D eigenvalue weighted by Crippen LogP contribution is -2.30. The first-order valence-corrected chi connectivity index (χ1v) is 27.2. The van der Waals surface area contributed by atoms with Gasteiger partial charge in [-0.3, -0.25) is 14.4 Å². The Bertz CT molecular complexity index is 947. The van der Waals surface area contributed by atoms with Crippen LogP contribution in [0.15, 0.2) is 12.2 Å². The third-order valence-electron chi connectivity index (χ3n) is 12.3. The Morgan fingerprint density at radius 1 is 0.311 bits per heavy atom. The Balaban J connectivity index is 4.30. The van der Waals surface area contributed by atoms with E-state index < -0.39 is 6.10 Å². The minimum atomic E-state index is -0.767. The molecule has 0 fully saturated rings. The molecule has 6 heteroatoms. The second kappa shape index (κ2) is 50.8. The van der Waals surface area contributed by atoms with Crippen molar-refractivity contribution in [1.82, 2.24) is 0 Å². The summed E-state index contributed by atoms with van der Waals surface area (Å²) in [5.74, 6) is -0.857. The highest BCUT2D eigenvalue weighted by molar-refractivity contribution is 5.71. The highest BCUT2D eigenvalue weighted by Crippen LogP contribution is 2.17. The van der Waals surface area contributed by atoms with Crippen LogP contribution in [0.5, 0.6) is 0 Å². The smallest absolute Gasteiger partial charge is 0.306 e. The van der Waals surface area contributed by atoms with Gasteiger partial charge in [-0.1, -0.05) is 251 Å². The largest absolute Gasteiger partial charge is 0.462 e. The minimum Gasteiger partial charge on any atom is -0.462 e. The molecule has 0 rings (SSSR count). The first kappa shape index (κ1) is 59.1. The van der Waals surface area contributed by atoms with Crippen molar-refractivity contribution < 1.29 is 28.6 Å². The molecular formula is C55H104O6. The third-order valence-corrected chi connectivity index (χ3v) is 12.3. The van der Waals surface area contributed by atoms with Crippen molar-refractivity contribution in [3.63, 3.8) is 0 Å². The summed E-state index contributed by atoms with van der Waals surface area (Å²) in [7, 11) is 0. The molecule has 0 aromatic rings. The van der Waals surface area contributed by atoms with E-state index in [0.29, 0.717) is 19.3 Å². The zero-order chi connectivity index (χ0) is 44.4.